The molecule has 1 aromatic rings. The van der Waals surface area contributed by atoms with E-state index in [4.69, 9.17) is 10.5 Å². The lowest BCUT2D eigenvalue weighted by atomic mass is 10.2. The van der Waals surface area contributed by atoms with E-state index in [0.29, 0.717) is 12.1 Å². The molecule has 0 radical (unpaired) electrons. The Labute approximate surface area is 121 Å². The van der Waals surface area contributed by atoms with E-state index in [1.54, 1.807) is 12.1 Å². The number of carbonyl (C=O) groups is 1. The van der Waals surface area contributed by atoms with Crippen LogP contribution in [-0.2, 0) is 0 Å². The first-order valence-corrected chi connectivity index (χ1v) is 7.40. The minimum absolute atomic E-state index is 0.0465. The molecule has 0 aliphatic heterocycles. The van der Waals surface area contributed by atoms with Gasteiger partial charge in [-0.15, -0.1) is 0 Å². The first-order chi connectivity index (χ1) is 9.63. The van der Waals surface area contributed by atoms with Crippen LogP contribution in [0, 0.1) is 0 Å². The standard InChI is InChI=1S/C16H26N2O2/c1-3-4-12-20-15-9-7-14(8-10-15)16(19)18-11-5-6-13(2)17/h7-10,13H,3-6,11-12,17H2,1-2H3,(H,18,19). The fourth-order valence-corrected chi connectivity index (χ4v) is 1.76. The third kappa shape index (κ3) is 6.57. The lowest BCUT2D eigenvalue weighted by Gasteiger charge is -2.08. The number of amides is 1. The molecule has 0 spiro atoms. The highest BCUT2D eigenvalue weighted by Gasteiger charge is 2.05. The summed E-state index contributed by atoms with van der Waals surface area (Å²) >= 11 is 0. The summed E-state index contributed by atoms with van der Waals surface area (Å²) in [6, 6.07) is 7.45. The lowest BCUT2D eigenvalue weighted by Crippen LogP contribution is -2.26. The molecule has 0 aliphatic rings. The first-order valence-electron chi connectivity index (χ1n) is 7.40. The van der Waals surface area contributed by atoms with Gasteiger partial charge in [-0.2, -0.15) is 0 Å². The van der Waals surface area contributed by atoms with Crippen molar-refractivity contribution in [3.05, 3.63) is 29.8 Å². The quantitative estimate of drug-likeness (QED) is 0.683. The Hall–Kier alpha value is -1.55. The molecule has 0 fully saturated rings. The van der Waals surface area contributed by atoms with Crippen molar-refractivity contribution in [1.29, 1.82) is 0 Å². The van der Waals surface area contributed by atoms with Crippen LogP contribution in [0.4, 0.5) is 0 Å². The number of carbonyl (C=O) groups excluding carboxylic acids is 1. The molecule has 1 atom stereocenters. The van der Waals surface area contributed by atoms with Crippen LogP contribution in [0.2, 0.25) is 0 Å². The van der Waals surface area contributed by atoms with E-state index in [0.717, 1.165) is 38.0 Å². The highest BCUT2D eigenvalue weighted by atomic mass is 16.5. The maximum atomic E-state index is 11.9. The fraction of sp³-hybridized carbons (Fsp3) is 0.562. The van der Waals surface area contributed by atoms with Crippen LogP contribution in [-0.4, -0.2) is 25.1 Å². The molecule has 0 aliphatic carbocycles. The van der Waals surface area contributed by atoms with Gasteiger partial charge in [0.25, 0.3) is 5.91 Å². The summed E-state index contributed by atoms with van der Waals surface area (Å²) in [5, 5.41) is 2.89. The first kappa shape index (κ1) is 16.5. The molecule has 4 nitrogen and oxygen atoms in total. The van der Waals surface area contributed by atoms with E-state index in [9.17, 15) is 4.79 Å². The van der Waals surface area contributed by atoms with Crippen molar-refractivity contribution in [2.75, 3.05) is 13.2 Å². The second-order valence-corrected chi connectivity index (χ2v) is 5.10. The maximum Gasteiger partial charge on any atom is 0.251 e. The number of rotatable bonds is 9. The highest BCUT2D eigenvalue weighted by molar-refractivity contribution is 5.94. The molecular formula is C16H26N2O2. The molecule has 1 rings (SSSR count). The van der Waals surface area contributed by atoms with Gasteiger partial charge in [0.2, 0.25) is 0 Å². The van der Waals surface area contributed by atoms with Gasteiger partial charge in [-0.05, 0) is 50.5 Å². The monoisotopic (exact) mass is 278 g/mol. The van der Waals surface area contributed by atoms with Crippen molar-refractivity contribution >= 4 is 5.91 Å². The Bertz CT molecular complexity index is 388. The number of nitrogens with one attached hydrogen (secondary N) is 1. The smallest absolute Gasteiger partial charge is 0.251 e. The Kier molecular flexibility index (Phi) is 7.73. The van der Waals surface area contributed by atoms with Crippen molar-refractivity contribution in [3.63, 3.8) is 0 Å². The molecule has 112 valence electrons. The summed E-state index contributed by atoms with van der Waals surface area (Å²) in [4.78, 5) is 11.9. The van der Waals surface area contributed by atoms with Crippen molar-refractivity contribution in [2.45, 2.75) is 45.6 Å². The third-order valence-electron chi connectivity index (χ3n) is 3.00. The topological polar surface area (TPSA) is 64.3 Å². The molecule has 0 aromatic heterocycles. The summed E-state index contributed by atoms with van der Waals surface area (Å²) < 4.78 is 5.56. The molecule has 0 heterocycles. The molecule has 0 saturated heterocycles. The average Bonchev–Trinajstić information content (AvgIpc) is 2.44. The molecule has 3 N–H and O–H groups in total. The number of hydrogen-bond acceptors (Lipinski definition) is 3. The molecule has 1 unspecified atom stereocenters. The zero-order valence-electron chi connectivity index (χ0n) is 12.5. The van der Waals surface area contributed by atoms with Gasteiger partial charge in [-0.1, -0.05) is 13.3 Å². The Balaban J connectivity index is 2.33. The second-order valence-electron chi connectivity index (χ2n) is 5.10. The minimum atomic E-state index is -0.0465. The van der Waals surface area contributed by atoms with Crippen LogP contribution in [0.5, 0.6) is 5.75 Å². The zero-order valence-corrected chi connectivity index (χ0v) is 12.5. The SMILES string of the molecule is CCCCOc1ccc(C(=O)NCCCC(C)N)cc1. The predicted octanol–water partition coefficient (Wildman–Crippen LogP) is 2.72. The van der Waals surface area contributed by atoms with Crippen LogP contribution in [0.15, 0.2) is 24.3 Å². The molecule has 1 aromatic carbocycles. The summed E-state index contributed by atoms with van der Waals surface area (Å²) in [6.07, 6.45) is 3.98. The Morgan fingerprint density at radius 2 is 2.00 bits per heavy atom. The third-order valence-corrected chi connectivity index (χ3v) is 3.00. The molecule has 4 heteroatoms. The summed E-state index contributed by atoms with van der Waals surface area (Å²) in [5.41, 5.74) is 6.32. The summed E-state index contributed by atoms with van der Waals surface area (Å²) in [5.74, 6) is 0.765. The van der Waals surface area contributed by atoms with Crippen LogP contribution in [0.1, 0.15) is 49.9 Å². The number of ether oxygens (including phenoxy) is 1. The van der Waals surface area contributed by atoms with Gasteiger partial charge in [-0.3, -0.25) is 4.79 Å². The average molecular weight is 278 g/mol. The molecule has 1 amide bonds. The molecule has 0 bridgehead atoms. The van der Waals surface area contributed by atoms with Crippen LogP contribution >= 0.6 is 0 Å². The van der Waals surface area contributed by atoms with Gasteiger partial charge >= 0.3 is 0 Å². The maximum absolute atomic E-state index is 11.9. The van der Waals surface area contributed by atoms with Gasteiger partial charge in [0.15, 0.2) is 0 Å². The number of unbranched alkanes of at least 4 members (excludes halogenated alkanes) is 1. The molecular weight excluding hydrogens is 252 g/mol. The highest BCUT2D eigenvalue weighted by Crippen LogP contribution is 2.12. The molecule has 0 saturated carbocycles. The van der Waals surface area contributed by atoms with Crippen LogP contribution in [0.3, 0.4) is 0 Å². The summed E-state index contributed by atoms with van der Waals surface area (Å²) in [7, 11) is 0. The molecule has 20 heavy (non-hydrogen) atoms. The van der Waals surface area contributed by atoms with E-state index in [1.165, 1.54) is 0 Å². The van der Waals surface area contributed by atoms with E-state index in [1.807, 2.05) is 19.1 Å². The van der Waals surface area contributed by atoms with Gasteiger partial charge in [0, 0.05) is 18.2 Å². The van der Waals surface area contributed by atoms with E-state index in [2.05, 4.69) is 12.2 Å². The minimum Gasteiger partial charge on any atom is -0.494 e. The Morgan fingerprint density at radius 3 is 2.60 bits per heavy atom. The normalized spacial score (nSPS) is 11.9. The van der Waals surface area contributed by atoms with E-state index in [-0.39, 0.29) is 11.9 Å². The van der Waals surface area contributed by atoms with E-state index >= 15 is 0 Å². The number of nitrogens with two attached hydrogens (primary N) is 1. The van der Waals surface area contributed by atoms with Crippen molar-refractivity contribution in [3.8, 4) is 5.75 Å². The van der Waals surface area contributed by atoms with E-state index < -0.39 is 0 Å². The predicted molar refractivity (Wildman–Crippen MR) is 82.1 cm³/mol. The van der Waals surface area contributed by atoms with Crippen molar-refractivity contribution in [1.82, 2.24) is 5.32 Å². The zero-order chi connectivity index (χ0) is 14.8. The second kappa shape index (κ2) is 9.37. The van der Waals surface area contributed by atoms with Crippen LogP contribution < -0.4 is 15.8 Å². The van der Waals surface area contributed by atoms with Crippen molar-refractivity contribution < 1.29 is 9.53 Å². The summed E-state index contributed by atoms with van der Waals surface area (Å²) in [6.45, 7) is 5.48. The van der Waals surface area contributed by atoms with Gasteiger partial charge in [0.1, 0.15) is 5.75 Å². The van der Waals surface area contributed by atoms with Gasteiger partial charge in [-0.25, -0.2) is 0 Å². The van der Waals surface area contributed by atoms with Gasteiger partial charge < -0.3 is 15.8 Å². The van der Waals surface area contributed by atoms with Gasteiger partial charge in [0.05, 0.1) is 6.61 Å². The number of hydrogen-bond donors (Lipinski definition) is 2. The van der Waals surface area contributed by atoms with Crippen molar-refractivity contribution in [2.24, 2.45) is 5.73 Å². The lowest BCUT2D eigenvalue weighted by molar-refractivity contribution is 0.0952. The fourth-order valence-electron chi connectivity index (χ4n) is 1.76. The van der Waals surface area contributed by atoms with Crippen LogP contribution in [0.25, 0.3) is 0 Å². The number of benzene rings is 1. The largest absolute Gasteiger partial charge is 0.494 e. The Morgan fingerprint density at radius 1 is 1.30 bits per heavy atom.